The third-order valence-corrected chi connectivity index (χ3v) is 4.35. The van der Waals surface area contributed by atoms with Gasteiger partial charge in [0.2, 0.25) is 11.8 Å². The van der Waals surface area contributed by atoms with Crippen molar-refractivity contribution in [1.29, 1.82) is 0 Å². The van der Waals surface area contributed by atoms with Crippen LogP contribution < -0.4 is 10.6 Å². The van der Waals surface area contributed by atoms with E-state index in [-0.39, 0.29) is 18.2 Å². The fourth-order valence-electron chi connectivity index (χ4n) is 1.92. The van der Waals surface area contributed by atoms with Gasteiger partial charge in [-0.1, -0.05) is 38.2 Å². The number of anilines is 1. The second kappa shape index (κ2) is 7.53. The highest BCUT2D eigenvalue weighted by molar-refractivity contribution is 7.19. The normalized spacial score (nSPS) is 11.2. The quantitative estimate of drug-likeness (QED) is 0.872. The Morgan fingerprint density at radius 2 is 2.00 bits per heavy atom. The zero-order valence-electron chi connectivity index (χ0n) is 14.3. The van der Waals surface area contributed by atoms with Crippen LogP contribution in [0.3, 0.4) is 0 Å². The Hall–Kier alpha value is -2.28. The molecule has 2 rings (SSSR count). The van der Waals surface area contributed by atoms with Crippen molar-refractivity contribution in [2.45, 2.75) is 34.1 Å². The fraction of sp³-hybridized carbons (Fsp3) is 0.412. The number of carbonyl (C=O) groups excluding carboxylic acids is 2. The highest BCUT2D eigenvalue weighted by Gasteiger charge is 2.20. The molecule has 2 aromatic rings. The van der Waals surface area contributed by atoms with Gasteiger partial charge in [-0.15, -0.1) is 0 Å². The van der Waals surface area contributed by atoms with E-state index in [9.17, 15) is 9.59 Å². The molecule has 0 aliphatic rings. The summed E-state index contributed by atoms with van der Waals surface area (Å²) in [6.45, 7) is 7.69. The van der Waals surface area contributed by atoms with Gasteiger partial charge in [-0.25, -0.2) is 4.98 Å². The third-order valence-electron chi connectivity index (χ3n) is 3.26. The molecule has 0 spiro atoms. The van der Waals surface area contributed by atoms with Gasteiger partial charge in [0.05, 0.1) is 16.3 Å². The molecule has 2 amide bonds. The minimum atomic E-state index is -0.458. The summed E-state index contributed by atoms with van der Waals surface area (Å²) in [7, 11) is 0. The van der Waals surface area contributed by atoms with Gasteiger partial charge in [-0.2, -0.15) is 0 Å². The lowest BCUT2D eigenvalue weighted by Gasteiger charge is -2.17. The first kappa shape index (κ1) is 18.1. The summed E-state index contributed by atoms with van der Waals surface area (Å²) in [6.07, 6.45) is 1.93. The largest absolute Gasteiger partial charge is 0.355 e. The van der Waals surface area contributed by atoms with Crippen LogP contribution >= 0.6 is 11.3 Å². The van der Waals surface area contributed by atoms with E-state index in [1.807, 2.05) is 45.9 Å². The number of pyridine rings is 1. The Morgan fingerprint density at radius 1 is 1.25 bits per heavy atom. The Morgan fingerprint density at radius 3 is 2.62 bits per heavy atom. The van der Waals surface area contributed by atoms with Gasteiger partial charge < -0.3 is 10.6 Å². The number of nitrogens with zero attached hydrogens (tertiary/aromatic N) is 2. The average molecular weight is 346 g/mol. The minimum absolute atomic E-state index is 0.0715. The van der Waals surface area contributed by atoms with Gasteiger partial charge in [0.25, 0.3) is 0 Å². The molecule has 0 aliphatic heterocycles. The predicted molar refractivity (Wildman–Crippen MR) is 95.8 cm³/mol. The minimum Gasteiger partial charge on any atom is -0.355 e. The summed E-state index contributed by atoms with van der Waals surface area (Å²) in [5.41, 5.74) is 1.21. The van der Waals surface area contributed by atoms with Gasteiger partial charge in [0.1, 0.15) is 0 Å². The first-order chi connectivity index (χ1) is 11.3. The summed E-state index contributed by atoms with van der Waals surface area (Å²) >= 11 is 1.39. The van der Waals surface area contributed by atoms with E-state index >= 15 is 0 Å². The number of carbonyl (C=O) groups is 2. The van der Waals surface area contributed by atoms with Crippen LogP contribution in [-0.4, -0.2) is 28.3 Å². The van der Waals surface area contributed by atoms with E-state index < -0.39 is 5.41 Å². The lowest BCUT2D eigenvalue weighted by molar-refractivity contribution is -0.128. The van der Waals surface area contributed by atoms with E-state index in [2.05, 4.69) is 20.6 Å². The Bertz CT molecular complexity index is 720. The molecule has 6 nitrogen and oxygen atoms in total. The van der Waals surface area contributed by atoms with Crippen molar-refractivity contribution in [3.8, 4) is 10.6 Å². The molecule has 2 N–H and O–H groups in total. The zero-order valence-corrected chi connectivity index (χ0v) is 15.2. The smallest absolute Gasteiger partial charge is 0.227 e. The number of thiazole rings is 1. The monoisotopic (exact) mass is 346 g/mol. The van der Waals surface area contributed by atoms with Crippen LogP contribution in [0.2, 0.25) is 0 Å². The predicted octanol–water partition coefficient (Wildman–Crippen LogP) is 3.00. The molecule has 0 saturated heterocycles. The van der Waals surface area contributed by atoms with Crippen molar-refractivity contribution in [3.63, 3.8) is 0 Å². The van der Waals surface area contributed by atoms with Crippen LogP contribution in [0.5, 0.6) is 0 Å². The van der Waals surface area contributed by atoms with Crippen molar-refractivity contribution in [2.24, 2.45) is 5.41 Å². The second-order valence-corrected chi connectivity index (χ2v) is 7.45. The number of nitrogens with one attached hydrogen (secondary N) is 2. The SMILES string of the molecule is Cc1nc(NC(=O)CCNC(=O)C(C)(C)C)sc1-c1ccccn1. The lowest BCUT2D eigenvalue weighted by Crippen LogP contribution is -2.36. The molecule has 0 atom stereocenters. The van der Waals surface area contributed by atoms with Gasteiger partial charge in [0.15, 0.2) is 5.13 Å². The van der Waals surface area contributed by atoms with Crippen LogP contribution in [0, 0.1) is 12.3 Å². The molecular formula is C17H22N4O2S. The van der Waals surface area contributed by atoms with Crippen molar-refractivity contribution in [2.75, 3.05) is 11.9 Å². The molecule has 0 saturated carbocycles. The number of amides is 2. The topological polar surface area (TPSA) is 84.0 Å². The molecule has 128 valence electrons. The average Bonchev–Trinajstić information content (AvgIpc) is 2.87. The molecule has 0 radical (unpaired) electrons. The van der Waals surface area contributed by atoms with E-state index in [1.165, 1.54) is 11.3 Å². The van der Waals surface area contributed by atoms with Crippen LogP contribution in [0.25, 0.3) is 10.6 Å². The maximum atomic E-state index is 12.0. The summed E-state index contributed by atoms with van der Waals surface area (Å²) in [5, 5.41) is 6.07. The summed E-state index contributed by atoms with van der Waals surface area (Å²) in [6, 6.07) is 5.68. The van der Waals surface area contributed by atoms with E-state index in [0.717, 1.165) is 16.3 Å². The number of hydrogen-bond acceptors (Lipinski definition) is 5. The van der Waals surface area contributed by atoms with Crippen molar-refractivity contribution < 1.29 is 9.59 Å². The number of hydrogen-bond donors (Lipinski definition) is 2. The van der Waals surface area contributed by atoms with Crippen molar-refractivity contribution >= 4 is 28.3 Å². The van der Waals surface area contributed by atoms with Crippen molar-refractivity contribution in [1.82, 2.24) is 15.3 Å². The number of rotatable bonds is 5. The third kappa shape index (κ3) is 4.86. The molecule has 0 fully saturated rings. The first-order valence-corrected chi connectivity index (χ1v) is 8.56. The maximum Gasteiger partial charge on any atom is 0.227 e. The maximum absolute atomic E-state index is 12.0. The molecule has 2 aromatic heterocycles. The van der Waals surface area contributed by atoms with Crippen LogP contribution in [0.15, 0.2) is 24.4 Å². The first-order valence-electron chi connectivity index (χ1n) is 7.74. The van der Waals surface area contributed by atoms with E-state index in [1.54, 1.807) is 6.20 Å². The Labute approximate surface area is 145 Å². The Balaban J connectivity index is 1.90. The van der Waals surface area contributed by atoms with Gasteiger partial charge in [0, 0.05) is 24.6 Å². The van der Waals surface area contributed by atoms with Crippen LogP contribution in [0.4, 0.5) is 5.13 Å². The molecule has 7 heteroatoms. The van der Waals surface area contributed by atoms with Gasteiger partial charge in [-0.3, -0.25) is 14.6 Å². The summed E-state index contributed by atoms with van der Waals surface area (Å²) in [4.78, 5) is 33.3. The van der Waals surface area contributed by atoms with Crippen LogP contribution in [0.1, 0.15) is 32.9 Å². The summed E-state index contributed by atoms with van der Waals surface area (Å²) < 4.78 is 0. The molecule has 0 aromatic carbocycles. The highest BCUT2D eigenvalue weighted by Crippen LogP contribution is 2.31. The molecule has 0 aliphatic carbocycles. The lowest BCUT2D eigenvalue weighted by atomic mass is 9.96. The molecular weight excluding hydrogens is 324 g/mol. The van der Waals surface area contributed by atoms with Gasteiger partial charge in [-0.05, 0) is 19.1 Å². The number of aryl methyl sites for hydroxylation is 1. The zero-order chi connectivity index (χ0) is 17.7. The second-order valence-electron chi connectivity index (χ2n) is 6.45. The van der Waals surface area contributed by atoms with Crippen LogP contribution in [-0.2, 0) is 9.59 Å². The molecule has 0 bridgehead atoms. The van der Waals surface area contributed by atoms with E-state index in [4.69, 9.17) is 0 Å². The molecule has 0 unspecified atom stereocenters. The Kier molecular flexibility index (Phi) is 5.66. The molecule has 2 heterocycles. The standard InChI is InChI=1S/C17H22N4O2S/c1-11-14(12-7-5-6-9-18-12)24-16(20-11)21-13(22)8-10-19-15(23)17(2,3)4/h5-7,9H,8,10H2,1-4H3,(H,19,23)(H,20,21,22). The summed E-state index contributed by atoms with van der Waals surface area (Å²) in [5.74, 6) is -0.247. The molecule has 24 heavy (non-hydrogen) atoms. The highest BCUT2D eigenvalue weighted by atomic mass is 32.1. The van der Waals surface area contributed by atoms with Gasteiger partial charge >= 0.3 is 0 Å². The number of aromatic nitrogens is 2. The van der Waals surface area contributed by atoms with Crippen molar-refractivity contribution in [3.05, 3.63) is 30.1 Å². The fourth-order valence-corrected chi connectivity index (χ4v) is 2.88. The van der Waals surface area contributed by atoms with E-state index in [0.29, 0.717) is 11.7 Å².